The first-order valence-electron chi connectivity index (χ1n) is 9.58. The number of carbonyl (C=O) groups excluding carboxylic acids is 1. The fraction of sp³-hybridized carbons (Fsp3) is 0.800. The second kappa shape index (κ2) is 10.5. The van der Waals surface area contributed by atoms with E-state index < -0.39 is 5.60 Å². The average molecular weight is 337 g/mol. The van der Waals surface area contributed by atoms with Crippen LogP contribution in [0.3, 0.4) is 0 Å². The fourth-order valence-electron chi connectivity index (χ4n) is 2.83. The zero-order valence-corrected chi connectivity index (χ0v) is 16.3. The normalized spacial score (nSPS) is 17.0. The van der Waals surface area contributed by atoms with Crippen LogP contribution in [0.1, 0.15) is 79.6 Å². The van der Waals surface area contributed by atoms with Gasteiger partial charge in [-0.25, -0.2) is 4.79 Å². The molecule has 0 saturated carbocycles. The number of unbranched alkanes of at least 4 members (excludes halogenated alkanes) is 1. The highest BCUT2D eigenvalue weighted by Crippen LogP contribution is 2.19. The molecule has 1 aliphatic heterocycles. The fourth-order valence-corrected chi connectivity index (χ4v) is 2.83. The van der Waals surface area contributed by atoms with Gasteiger partial charge in [0.1, 0.15) is 11.4 Å². The minimum absolute atomic E-state index is 0.292. The molecular formula is C20H36N2O2. The molecule has 0 spiro atoms. The van der Waals surface area contributed by atoms with Crippen LogP contribution in [0, 0.1) is 5.92 Å². The van der Waals surface area contributed by atoms with Crippen LogP contribution in [0.4, 0.5) is 4.79 Å². The van der Waals surface area contributed by atoms with Crippen molar-refractivity contribution in [1.82, 2.24) is 4.90 Å². The Bertz CT molecular complexity index is 435. The lowest BCUT2D eigenvalue weighted by Crippen LogP contribution is -2.42. The average Bonchev–Trinajstić information content (AvgIpc) is 2.53. The topological polar surface area (TPSA) is 41.9 Å². The molecule has 0 aromatic heterocycles. The molecule has 1 atom stereocenters. The van der Waals surface area contributed by atoms with Crippen LogP contribution in [0.5, 0.6) is 0 Å². The van der Waals surface area contributed by atoms with Gasteiger partial charge in [-0.05, 0) is 52.0 Å². The predicted molar refractivity (Wildman–Crippen MR) is 102 cm³/mol. The van der Waals surface area contributed by atoms with Crippen molar-refractivity contribution in [3.05, 3.63) is 12.2 Å². The van der Waals surface area contributed by atoms with Crippen molar-refractivity contribution in [2.24, 2.45) is 10.9 Å². The van der Waals surface area contributed by atoms with Crippen molar-refractivity contribution in [3.63, 3.8) is 0 Å². The smallest absolute Gasteiger partial charge is 0.415 e. The number of allylic oxidation sites excluding steroid dienone is 1. The molecule has 0 aliphatic carbocycles. The van der Waals surface area contributed by atoms with E-state index in [1.807, 2.05) is 26.8 Å². The zero-order valence-electron chi connectivity index (χ0n) is 16.3. The molecule has 1 amide bonds. The first-order valence-corrected chi connectivity index (χ1v) is 9.58. The molecule has 1 rings (SSSR count). The third-order valence-corrected chi connectivity index (χ3v) is 4.26. The highest BCUT2D eigenvalue weighted by Gasteiger charge is 2.25. The monoisotopic (exact) mass is 336 g/mol. The van der Waals surface area contributed by atoms with Crippen LogP contribution in [0.25, 0.3) is 0 Å². The van der Waals surface area contributed by atoms with Gasteiger partial charge in [-0.2, -0.15) is 0 Å². The molecule has 0 aromatic carbocycles. The Kier molecular flexibility index (Phi) is 9.09. The largest absolute Gasteiger partial charge is 0.443 e. The van der Waals surface area contributed by atoms with Gasteiger partial charge in [-0.3, -0.25) is 9.89 Å². The van der Waals surface area contributed by atoms with E-state index in [1.165, 1.54) is 32.1 Å². The second-order valence-corrected chi connectivity index (χ2v) is 7.62. The summed E-state index contributed by atoms with van der Waals surface area (Å²) in [6, 6.07) is 0. The Morgan fingerprint density at radius 2 is 2.08 bits per heavy atom. The van der Waals surface area contributed by atoms with Gasteiger partial charge in [0, 0.05) is 13.1 Å². The van der Waals surface area contributed by atoms with Crippen molar-refractivity contribution in [3.8, 4) is 0 Å². The lowest BCUT2D eigenvalue weighted by atomic mass is 9.94. The van der Waals surface area contributed by atoms with E-state index in [1.54, 1.807) is 4.90 Å². The van der Waals surface area contributed by atoms with Crippen molar-refractivity contribution in [2.75, 3.05) is 13.1 Å². The van der Waals surface area contributed by atoms with E-state index in [0.717, 1.165) is 31.1 Å². The Morgan fingerprint density at radius 3 is 2.71 bits per heavy atom. The maximum Gasteiger partial charge on any atom is 0.415 e. The minimum Gasteiger partial charge on any atom is -0.443 e. The Hall–Kier alpha value is -1.32. The molecular weight excluding hydrogens is 300 g/mol. The first-order chi connectivity index (χ1) is 11.4. The summed E-state index contributed by atoms with van der Waals surface area (Å²) in [5.74, 6) is 1.56. The number of amides is 1. The Labute approximate surface area is 148 Å². The third kappa shape index (κ3) is 7.98. The lowest BCUT2D eigenvalue weighted by Gasteiger charge is -2.29. The van der Waals surface area contributed by atoms with E-state index in [-0.39, 0.29) is 6.09 Å². The van der Waals surface area contributed by atoms with E-state index in [4.69, 9.17) is 4.74 Å². The summed E-state index contributed by atoms with van der Waals surface area (Å²) in [7, 11) is 0. The van der Waals surface area contributed by atoms with Gasteiger partial charge in [0.05, 0.1) is 0 Å². The number of ether oxygens (including phenoxy) is 1. The summed E-state index contributed by atoms with van der Waals surface area (Å²) in [5.41, 5.74) is -0.475. The van der Waals surface area contributed by atoms with Crippen LogP contribution in [-0.2, 0) is 4.74 Å². The molecule has 0 bridgehead atoms. The van der Waals surface area contributed by atoms with Crippen LogP contribution in [-0.4, -0.2) is 35.5 Å². The van der Waals surface area contributed by atoms with Crippen LogP contribution in [0.2, 0.25) is 0 Å². The molecule has 4 heteroatoms. The number of carbonyl (C=O) groups is 1. The highest BCUT2D eigenvalue weighted by molar-refractivity contribution is 6.02. The summed E-state index contributed by atoms with van der Waals surface area (Å²) < 4.78 is 5.49. The second-order valence-electron chi connectivity index (χ2n) is 7.62. The van der Waals surface area contributed by atoms with Crippen molar-refractivity contribution >= 4 is 11.9 Å². The number of hydrogen-bond donors (Lipinski definition) is 0. The van der Waals surface area contributed by atoms with Crippen LogP contribution in [0.15, 0.2) is 17.1 Å². The zero-order chi connectivity index (χ0) is 18.0. The quantitative estimate of drug-likeness (QED) is 0.580. The number of aliphatic imine (C=N–C) groups is 1. The molecule has 0 aromatic rings. The number of amidine groups is 1. The maximum absolute atomic E-state index is 12.3. The van der Waals surface area contributed by atoms with E-state index in [2.05, 4.69) is 24.9 Å². The van der Waals surface area contributed by atoms with E-state index in [0.29, 0.717) is 6.54 Å². The molecule has 1 aliphatic rings. The summed E-state index contributed by atoms with van der Waals surface area (Å²) in [4.78, 5) is 18.5. The Balaban J connectivity index is 2.53. The molecule has 4 nitrogen and oxygen atoms in total. The van der Waals surface area contributed by atoms with Gasteiger partial charge in [-0.15, -0.1) is 0 Å². The number of nitrogens with zero attached hydrogens (tertiary/aromatic N) is 2. The predicted octanol–water partition coefficient (Wildman–Crippen LogP) is 5.58. The summed E-state index contributed by atoms with van der Waals surface area (Å²) in [6.07, 6.45) is 12.2. The molecule has 24 heavy (non-hydrogen) atoms. The number of hydrogen-bond acceptors (Lipinski definition) is 3. The van der Waals surface area contributed by atoms with Gasteiger partial charge in [0.25, 0.3) is 0 Å². The maximum atomic E-state index is 12.3. The molecule has 0 fully saturated rings. The van der Waals surface area contributed by atoms with E-state index in [9.17, 15) is 4.79 Å². The molecule has 138 valence electrons. The van der Waals surface area contributed by atoms with Crippen molar-refractivity contribution in [2.45, 2.75) is 85.2 Å². The van der Waals surface area contributed by atoms with Crippen LogP contribution >= 0.6 is 0 Å². The van der Waals surface area contributed by atoms with Gasteiger partial charge in [0.15, 0.2) is 0 Å². The molecule has 0 radical (unpaired) electrons. The molecule has 0 N–H and O–H groups in total. The van der Waals surface area contributed by atoms with E-state index >= 15 is 0 Å². The van der Waals surface area contributed by atoms with Gasteiger partial charge in [0.2, 0.25) is 0 Å². The summed E-state index contributed by atoms with van der Waals surface area (Å²) in [5, 5.41) is 0. The molecule has 1 heterocycles. The lowest BCUT2D eigenvalue weighted by molar-refractivity contribution is 0.0364. The third-order valence-electron chi connectivity index (χ3n) is 4.26. The summed E-state index contributed by atoms with van der Waals surface area (Å²) in [6.45, 7) is 11.7. The highest BCUT2D eigenvalue weighted by atomic mass is 16.6. The Morgan fingerprint density at radius 1 is 1.33 bits per heavy atom. The van der Waals surface area contributed by atoms with Gasteiger partial charge >= 0.3 is 6.09 Å². The molecule has 0 saturated heterocycles. The standard InChI is InChI=1S/C20H36N2O2/c1-6-8-12-17(7-2)13-9-10-14-18-21-15-11-16-22(18)19(23)24-20(3,4)5/h10,14,17H,6-9,11-13,15-16H2,1-5H3/b14-10+. The van der Waals surface area contributed by atoms with Gasteiger partial charge < -0.3 is 4.74 Å². The molecule has 1 unspecified atom stereocenters. The summed E-state index contributed by atoms with van der Waals surface area (Å²) >= 11 is 0. The van der Waals surface area contributed by atoms with Crippen molar-refractivity contribution in [1.29, 1.82) is 0 Å². The minimum atomic E-state index is -0.475. The SMILES string of the molecule is CCCCC(CC)CC/C=C/C1=NCCCN1C(=O)OC(C)(C)C. The number of rotatable bonds is 8. The van der Waals surface area contributed by atoms with Crippen LogP contribution < -0.4 is 0 Å². The van der Waals surface area contributed by atoms with Gasteiger partial charge in [-0.1, -0.05) is 45.6 Å². The van der Waals surface area contributed by atoms with Crippen molar-refractivity contribution < 1.29 is 9.53 Å². The first kappa shape index (κ1) is 20.7.